The average molecular weight is 289 g/mol. The molecule has 2 aromatic rings. The van der Waals surface area contributed by atoms with Crippen molar-refractivity contribution < 1.29 is 14.3 Å². The summed E-state index contributed by atoms with van der Waals surface area (Å²) in [6.45, 7) is 0.893. The molecule has 1 amide bonds. The van der Waals surface area contributed by atoms with Gasteiger partial charge in [-0.1, -0.05) is 11.3 Å². The van der Waals surface area contributed by atoms with Gasteiger partial charge in [-0.3, -0.25) is 9.48 Å². The van der Waals surface area contributed by atoms with Crippen molar-refractivity contribution in [3.8, 4) is 0 Å². The highest BCUT2D eigenvalue weighted by Gasteiger charge is 2.12. The summed E-state index contributed by atoms with van der Waals surface area (Å²) < 4.78 is 6.11. The van der Waals surface area contributed by atoms with E-state index in [-0.39, 0.29) is 5.69 Å². The van der Waals surface area contributed by atoms with E-state index in [0.717, 1.165) is 0 Å². The van der Waals surface area contributed by atoms with E-state index in [9.17, 15) is 9.59 Å². The first-order chi connectivity index (χ1) is 10.1. The van der Waals surface area contributed by atoms with Crippen LogP contribution in [0, 0.1) is 0 Å². The minimum atomic E-state index is -0.472. The van der Waals surface area contributed by atoms with Crippen molar-refractivity contribution in [2.24, 2.45) is 5.73 Å². The van der Waals surface area contributed by atoms with E-state index < -0.39 is 11.9 Å². The van der Waals surface area contributed by atoms with Crippen LogP contribution in [0.3, 0.4) is 0 Å². The Hall–Kier alpha value is -2.74. The third-order valence-corrected chi connectivity index (χ3v) is 2.67. The molecule has 0 bridgehead atoms. The number of anilines is 1. The van der Waals surface area contributed by atoms with Gasteiger partial charge in [0, 0.05) is 12.2 Å². The lowest BCUT2D eigenvalue weighted by Gasteiger charge is -2.04. The Morgan fingerprint density at radius 3 is 2.95 bits per heavy atom. The number of carbonyl (C=O) groups is 2. The standard InChI is InChI=1S/C13H15N5O3/c1-21-13(20)9-3-2-4-10(7-9)15-12(19)11-8-18(6-5-14)17-16-11/h2-4,7-8H,5-6,14H2,1H3,(H,15,19). The van der Waals surface area contributed by atoms with Gasteiger partial charge in [0.1, 0.15) is 0 Å². The number of hydrogen-bond acceptors (Lipinski definition) is 6. The van der Waals surface area contributed by atoms with Gasteiger partial charge in [-0.2, -0.15) is 0 Å². The van der Waals surface area contributed by atoms with Crippen LogP contribution in [0.25, 0.3) is 0 Å². The fourth-order valence-electron chi connectivity index (χ4n) is 1.68. The fourth-order valence-corrected chi connectivity index (χ4v) is 1.68. The van der Waals surface area contributed by atoms with Crippen LogP contribution in [0.1, 0.15) is 20.8 Å². The summed E-state index contributed by atoms with van der Waals surface area (Å²) in [6, 6.07) is 6.43. The summed E-state index contributed by atoms with van der Waals surface area (Å²) in [5.41, 5.74) is 6.39. The topological polar surface area (TPSA) is 112 Å². The van der Waals surface area contributed by atoms with Crippen LogP contribution in [-0.2, 0) is 11.3 Å². The molecular formula is C13H15N5O3. The molecule has 0 saturated carbocycles. The predicted octanol–water partition coefficient (Wildman–Crippen LogP) is 0.276. The number of rotatable bonds is 5. The lowest BCUT2D eigenvalue weighted by molar-refractivity contribution is 0.0600. The van der Waals surface area contributed by atoms with E-state index in [1.807, 2.05) is 0 Å². The molecule has 0 spiro atoms. The van der Waals surface area contributed by atoms with E-state index in [1.54, 1.807) is 18.2 Å². The zero-order valence-corrected chi connectivity index (χ0v) is 11.4. The van der Waals surface area contributed by atoms with Gasteiger partial charge in [-0.25, -0.2) is 4.79 Å². The second-order valence-electron chi connectivity index (χ2n) is 4.18. The molecular weight excluding hydrogens is 274 g/mol. The summed E-state index contributed by atoms with van der Waals surface area (Å²) in [4.78, 5) is 23.4. The van der Waals surface area contributed by atoms with Crippen LogP contribution in [-0.4, -0.2) is 40.5 Å². The van der Waals surface area contributed by atoms with Crippen molar-refractivity contribution in [3.63, 3.8) is 0 Å². The molecule has 8 heteroatoms. The first-order valence-corrected chi connectivity index (χ1v) is 6.24. The van der Waals surface area contributed by atoms with E-state index in [0.29, 0.717) is 24.3 Å². The average Bonchev–Trinajstić information content (AvgIpc) is 2.96. The maximum Gasteiger partial charge on any atom is 0.337 e. The molecule has 1 heterocycles. The number of nitrogens with zero attached hydrogens (tertiary/aromatic N) is 3. The Morgan fingerprint density at radius 1 is 1.43 bits per heavy atom. The Bertz CT molecular complexity index is 653. The van der Waals surface area contributed by atoms with Gasteiger partial charge in [0.25, 0.3) is 5.91 Å². The number of amides is 1. The molecule has 21 heavy (non-hydrogen) atoms. The van der Waals surface area contributed by atoms with E-state index in [1.165, 1.54) is 24.1 Å². The smallest absolute Gasteiger partial charge is 0.337 e. The van der Waals surface area contributed by atoms with Crippen molar-refractivity contribution in [1.29, 1.82) is 0 Å². The van der Waals surface area contributed by atoms with Crippen molar-refractivity contribution >= 4 is 17.6 Å². The summed E-state index contributed by atoms with van der Waals surface area (Å²) in [6.07, 6.45) is 1.51. The normalized spacial score (nSPS) is 10.2. The van der Waals surface area contributed by atoms with Gasteiger partial charge in [-0.15, -0.1) is 5.10 Å². The Kier molecular flexibility index (Phi) is 4.62. The quantitative estimate of drug-likeness (QED) is 0.764. The van der Waals surface area contributed by atoms with Gasteiger partial charge in [0.15, 0.2) is 5.69 Å². The summed E-state index contributed by atoms with van der Waals surface area (Å²) in [5.74, 6) is -0.889. The zero-order chi connectivity index (χ0) is 15.2. The number of ether oxygens (including phenoxy) is 1. The van der Waals surface area contributed by atoms with Crippen LogP contribution in [0.15, 0.2) is 30.5 Å². The second-order valence-corrected chi connectivity index (χ2v) is 4.18. The lowest BCUT2D eigenvalue weighted by Crippen LogP contribution is -2.13. The summed E-state index contributed by atoms with van der Waals surface area (Å²) >= 11 is 0. The number of nitrogens with two attached hydrogens (primary N) is 1. The van der Waals surface area contributed by atoms with Crippen LogP contribution in [0.5, 0.6) is 0 Å². The van der Waals surface area contributed by atoms with Crippen molar-refractivity contribution in [1.82, 2.24) is 15.0 Å². The minimum Gasteiger partial charge on any atom is -0.465 e. The monoisotopic (exact) mass is 289 g/mol. The molecule has 0 radical (unpaired) electrons. The van der Waals surface area contributed by atoms with Crippen LogP contribution in [0.4, 0.5) is 5.69 Å². The van der Waals surface area contributed by atoms with Crippen LogP contribution in [0.2, 0.25) is 0 Å². The van der Waals surface area contributed by atoms with Gasteiger partial charge in [0.05, 0.1) is 25.4 Å². The number of hydrogen-bond donors (Lipinski definition) is 2. The molecule has 8 nitrogen and oxygen atoms in total. The van der Waals surface area contributed by atoms with Crippen molar-refractivity contribution in [2.45, 2.75) is 6.54 Å². The fraction of sp³-hybridized carbons (Fsp3) is 0.231. The Morgan fingerprint density at radius 2 is 2.24 bits per heavy atom. The third kappa shape index (κ3) is 3.63. The first kappa shape index (κ1) is 14.7. The predicted molar refractivity (Wildman–Crippen MR) is 74.8 cm³/mol. The summed E-state index contributed by atoms with van der Waals surface area (Å²) in [7, 11) is 1.29. The maximum atomic E-state index is 12.0. The van der Waals surface area contributed by atoms with Crippen LogP contribution >= 0.6 is 0 Å². The molecule has 0 unspecified atom stereocenters. The Labute approximate surface area is 120 Å². The van der Waals surface area contributed by atoms with Crippen molar-refractivity contribution in [3.05, 3.63) is 41.7 Å². The molecule has 0 aliphatic rings. The van der Waals surface area contributed by atoms with E-state index >= 15 is 0 Å². The maximum absolute atomic E-state index is 12.0. The molecule has 0 atom stereocenters. The number of esters is 1. The van der Waals surface area contributed by atoms with Crippen molar-refractivity contribution in [2.75, 3.05) is 19.0 Å². The molecule has 3 N–H and O–H groups in total. The highest BCUT2D eigenvalue weighted by molar-refractivity contribution is 6.03. The zero-order valence-electron chi connectivity index (χ0n) is 11.4. The number of methoxy groups -OCH3 is 1. The highest BCUT2D eigenvalue weighted by atomic mass is 16.5. The van der Waals surface area contributed by atoms with Gasteiger partial charge >= 0.3 is 5.97 Å². The summed E-state index contributed by atoms with van der Waals surface area (Å²) in [5, 5.41) is 10.2. The number of carbonyl (C=O) groups excluding carboxylic acids is 2. The van der Waals surface area contributed by atoms with Gasteiger partial charge < -0.3 is 15.8 Å². The third-order valence-electron chi connectivity index (χ3n) is 2.67. The number of benzene rings is 1. The molecule has 1 aromatic heterocycles. The number of nitrogens with one attached hydrogen (secondary N) is 1. The number of aromatic nitrogens is 3. The largest absolute Gasteiger partial charge is 0.465 e. The van der Waals surface area contributed by atoms with Gasteiger partial charge in [0.2, 0.25) is 0 Å². The molecule has 0 aliphatic carbocycles. The molecule has 0 saturated heterocycles. The van der Waals surface area contributed by atoms with E-state index in [4.69, 9.17) is 5.73 Å². The first-order valence-electron chi connectivity index (χ1n) is 6.24. The van der Waals surface area contributed by atoms with Crippen LogP contribution < -0.4 is 11.1 Å². The highest BCUT2D eigenvalue weighted by Crippen LogP contribution is 2.12. The molecule has 2 rings (SSSR count). The molecule has 110 valence electrons. The molecule has 0 fully saturated rings. The minimum absolute atomic E-state index is 0.173. The van der Waals surface area contributed by atoms with Gasteiger partial charge in [-0.05, 0) is 18.2 Å². The SMILES string of the molecule is COC(=O)c1cccc(NC(=O)c2cn(CCN)nn2)c1. The van der Waals surface area contributed by atoms with E-state index in [2.05, 4.69) is 20.4 Å². The Balaban J connectivity index is 2.09. The molecule has 1 aromatic carbocycles. The lowest BCUT2D eigenvalue weighted by atomic mass is 10.2. The second kappa shape index (κ2) is 6.62. The molecule has 0 aliphatic heterocycles.